The average molecular weight is 446 g/mol. The van der Waals surface area contributed by atoms with Crippen LogP contribution in [0.5, 0.6) is 5.75 Å². The van der Waals surface area contributed by atoms with Crippen LogP contribution < -0.4 is 15.0 Å². The maximum Gasteiger partial charge on any atom is 0.230 e. The van der Waals surface area contributed by atoms with Crippen molar-refractivity contribution >= 4 is 23.4 Å². The van der Waals surface area contributed by atoms with Gasteiger partial charge in [-0.15, -0.1) is 0 Å². The second-order valence-electron chi connectivity index (χ2n) is 8.23. The normalized spacial score (nSPS) is 14.6. The van der Waals surface area contributed by atoms with E-state index >= 15 is 0 Å². The quantitative estimate of drug-likeness (QED) is 0.582. The highest BCUT2D eigenvalue weighted by atomic mass is 16.5. The highest BCUT2D eigenvalue weighted by Crippen LogP contribution is 2.24. The average Bonchev–Trinajstić information content (AvgIpc) is 2.85. The van der Waals surface area contributed by atoms with Gasteiger partial charge in [-0.3, -0.25) is 4.79 Å². The Hall–Kier alpha value is -3.61. The van der Waals surface area contributed by atoms with Crippen molar-refractivity contribution in [2.24, 2.45) is 0 Å². The van der Waals surface area contributed by atoms with E-state index in [4.69, 9.17) is 9.72 Å². The monoisotopic (exact) mass is 445 g/mol. The third kappa shape index (κ3) is 5.42. The summed E-state index contributed by atoms with van der Waals surface area (Å²) in [6, 6.07) is 19.7. The molecule has 0 unspecified atom stereocenters. The fourth-order valence-electron chi connectivity index (χ4n) is 4.17. The van der Waals surface area contributed by atoms with Crippen LogP contribution in [0.25, 0.3) is 0 Å². The Morgan fingerprint density at radius 3 is 2.36 bits per heavy atom. The van der Waals surface area contributed by atoms with Crippen LogP contribution in [0.15, 0.2) is 60.7 Å². The summed E-state index contributed by atoms with van der Waals surface area (Å²) < 4.78 is 5.22. The Morgan fingerprint density at radius 2 is 1.73 bits per heavy atom. The van der Waals surface area contributed by atoms with Gasteiger partial charge in [0.25, 0.3) is 0 Å². The van der Waals surface area contributed by atoms with Crippen LogP contribution in [0, 0.1) is 6.92 Å². The highest BCUT2D eigenvalue weighted by Gasteiger charge is 2.28. The Balaban J connectivity index is 1.41. The lowest BCUT2D eigenvalue weighted by Gasteiger charge is -2.36. The summed E-state index contributed by atoms with van der Waals surface area (Å²) in [4.78, 5) is 26.7. The molecule has 1 amide bonds. The molecule has 3 aromatic rings. The number of rotatable bonds is 7. The molecule has 7 nitrogen and oxygen atoms in total. The van der Waals surface area contributed by atoms with E-state index < -0.39 is 0 Å². The van der Waals surface area contributed by atoms with E-state index in [1.165, 1.54) is 0 Å². The van der Waals surface area contributed by atoms with Crippen LogP contribution in [0.1, 0.15) is 30.5 Å². The molecule has 0 bridgehead atoms. The molecular weight excluding hydrogens is 414 g/mol. The number of amides is 1. The first-order valence-electron chi connectivity index (χ1n) is 11.4. The Labute approximate surface area is 195 Å². The predicted octanol–water partition coefficient (Wildman–Crippen LogP) is 4.38. The number of hydrogen-bond acceptors (Lipinski definition) is 6. The fraction of sp³-hybridized carbons (Fsp3) is 0.346. The molecule has 0 aliphatic carbocycles. The smallest absolute Gasteiger partial charge is 0.230 e. The lowest BCUT2D eigenvalue weighted by Crippen LogP contribution is -2.50. The number of aromatic nitrogens is 2. The lowest BCUT2D eigenvalue weighted by molar-refractivity contribution is -0.133. The summed E-state index contributed by atoms with van der Waals surface area (Å²) in [6.45, 7) is 6.80. The van der Waals surface area contributed by atoms with E-state index in [1.807, 2.05) is 72.5 Å². The van der Waals surface area contributed by atoms with E-state index in [0.717, 1.165) is 34.9 Å². The molecule has 0 saturated carbocycles. The second kappa shape index (κ2) is 10.3. The first kappa shape index (κ1) is 22.6. The Kier molecular flexibility index (Phi) is 7.07. The van der Waals surface area contributed by atoms with E-state index in [-0.39, 0.29) is 11.8 Å². The molecule has 0 spiro atoms. The van der Waals surface area contributed by atoms with Crippen molar-refractivity contribution in [3.63, 3.8) is 0 Å². The van der Waals surface area contributed by atoms with Gasteiger partial charge >= 0.3 is 0 Å². The minimum Gasteiger partial charge on any atom is -0.497 e. The molecular formula is C26H31N5O2. The maximum atomic E-state index is 13.2. The van der Waals surface area contributed by atoms with Gasteiger partial charge in [0, 0.05) is 43.6 Å². The fourth-order valence-corrected chi connectivity index (χ4v) is 4.17. The molecule has 1 aliphatic rings. The lowest BCUT2D eigenvalue weighted by atomic mass is 9.95. The second-order valence-corrected chi connectivity index (χ2v) is 8.23. The van der Waals surface area contributed by atoms with Crippen molar-refractivity contribution in [1.29, 1.82) is 0 Å². The van der Waals surface area contributed by atoms with Crippen molar-refractivity contribution in [1.82, 2.24) is 14.9 Å². The van der Waals surface area contributed by atoms with Gasteiger partial charge in [-0.2, -0.15) is 4.98 Å². The van der Waals surface area contributed by atoms with E-state index in [0.29, 0.717) is 32.1 Å². The molecule has 33 heavy (non-hydrogen) atoms. The van der Waals surface area contributed by atoms with Gasteiger partial charge in [-0.05, 0) is 43.2 Å². The van der Waals surface area contributed by atoms with Gasteiger partial charge in [-0.25, -0.2) is 4.98 Å². The number of benzene rings is 2. The zero-order valence-corrected chi connectivity index (χ0v) is 19.5. The topological polar surface area (TPSA) is 70.6 Å². The molecule has 7 heteroatoms. The first-order chi connectivity index (χ1) is 16.1. The number of ether oxygens (including phenoxy) is 1. The minimum absolute atomic E-state index is 0.0896. The number of carbonyl (C=O) groups is 1. The molecule has 172 valence electrons. The number of anilines is 3. The number of hydrogen-bond donors (Lipinski definition) is 1. The van der Waals surface area contributed by atoms with Crippen LogP contribution in [-0.2, 0) is 4.79 Å². The van der Waals surface area contributed by atoms with Crippen LogP contribution in [-0.4, -0.2) is 54.1 Å². The van der Waals surface area contributed by atoms with Gasteiger partial charge in [0.05, 0.1) is 13.0 Å². The van der Waals surface area contributed by atoms with Gasteiger partial charge in [0.15, 0.2) is 0 Å². The molecule has 4 rings (SSSR count). The van der Waals surface area contributed by atoms with Crippen molar-refractivity contribution in [2.45, 2.75) is 26.2 Å². The predicted molar refractivity (Wildman–Crippen MR) is 131 cm³/mol. The van der Waals surface area contributed by atoms with Crippen molar-refractivity contribution < 1.29 is 9.53 Å². The van der Waals surface area contributed by atoms with Crippen LogP contribution >= 0.6 is 0 Å². The molecule has 2 aromatic carbocycles. The molecule has 1 N–H and O–H groups in total. The first-order valence-corrected chi connectivity index (χ1v) is 11.4. The van der Waals surface area contributed by atoms with Gasteiger partial charge in [-0.1, -0.05) is 37.3 Å². The molecule has 1 aromatic heterocycles. The molecule has 1 aliphatic heterocycles. The van der Waals surface area contributed by atoms with Gasteiger partial charge in [0.2, 0.25) is 11.9 Å². The molecule has 1 atom stereocenters. The molecule has 1 saturated heterocycles. The van der Waals surface area contributed by atoms with Crippen LogP contribution in [0.4, 0.5) is 17.5 Å². The van der Waals surface area contributed by atoms with Crippen molar-refractivity contribution in [3.8, 4) is 5.75 Å². The minimum atomic E-state index is -0.0896. The summed E-state index contributed by atoms with van der Waals surface area (Å²) in [6.07, 6.45) is 0.796. The zero-order valence-electron chi connectivity index (χ0n) is 19.5. The molecule has 0 radical (unpaired) electrons. The standard InChI is InChI=1S/C26H31N5O2/c1-4-23(20-8-6-5-7-9-20)25(32)30-14-16-31(17-15-30)26-27-19(2)18-24(29-26)28-21-10-12-22(33-3)13-11-21/h5-13,18,23H,4,14-17H2,1-3H3,(H,27,28,29)/t23-/m1/s1. The third-order valence-corrected chi connectivity index (χ3v) is 5.99. The van der Waals surface area contributed by atoms with Crippen LogP contribution in [0.2, 0.25) is 0 Å². The molecule has 1 fully saturated rings. The zero-order chi connectivity index (χ0) is 23.2. The Bertz CT molecular complexity index is 1060. The number of nitrogens with zero attached hydrogens (tertiary/aromatic N) is 4. The van der Waals surface area contributed by atoms with Crippen LogP contribution in [0.3, 0.4) is 0 Å². The third-order valence-electron chi connectivity index (χ3n) is 5.99. The number of nitrogens with one attached hydrogen (secondary N) is 1. The summed E-state index contributed by atoms with van der Waals surface area (Å²) in [5, 5.41) is 3.35. The van der Waals surface area contributed by atoms with E-state index in [9.17, 15) is 4.79 Å². The number of piperazine rings is 1. The summed E-state index contributed by atoms with van der Waals surface area (Å²) >= 11 is 0. The SMILES string of the molecule is CC[C@@H](C(=O)N1CCN(c2nc(C)cc(Nc3ccc(OC)cc3)n2)CC1)c1ccccc1. The van der Waals surface area contributed by atoms with E-state index in [2.05, 4.69) is 22.1 Å². The maximum absolute atomic E-state index is 13.2. The summed E-state index contributed by atoms with van der Waals surface area (Å²) in [7, 11) is 1.65. The van der Waals surface area contributed by atoms with Crippen molar-refractivity contribution in [3.05, 3.63) is 71.9 Å². The van der Waals surface area contributed by atoms with Gasteiger partial charge < -0.3 is 19.9 Å². The summed E-state index contributed by atoms with van der Waals surface area (Å²) in [5.41, 5.74) is 2.91. The van der Waals surface area contributed by atoms with E-state index in [1.54, 1.807) is 7.11 Å². The summed E-state index contributed by atoms with van der Waals surface area (Å²) in [5.74, 6) is 2.36. The Morgan fingerprint density at radius 1 is 1.03 bits per heavy atom. The number of aryl methyl sites for hydroxylation is 1. The highest BCUT2D eigenvalue weighted by molar-refractivity contribution is 5.84. The number of methoxy groups -OCH3 is 1. The number of carbonyl (C=O) groups excluding carboxylic acids is 1. The molecule has 2 heterocycles. The largest absolute Gasteiger partial charge is 0.497 e. The van der Waals surface area contributed by atoms with Gasteiger partial charge in [0.1, 0.15) is 11.6 Å². The van der Waals surface area contributed by atoms with Crippen molar-refractivity contribution in [2.75, 3.05) is 43.5 Å².